The van der Waals surface area contributed by atoms with Crippen LogP contribution in [0.4, 0.5) is 0 Å². The molecule has 8 atom stereocenters. The van der Waals surface area contributed by atoms with Gasteiger partial charge in [0.2, 0.25) is 0 Å². The van der Waals surface area contributed by atoms with Crippen molar-refractivity contribution in [3.05, 3.63) is 23.3 Å². The zero-order valence-corrected chi connectivity index (χ0v) is 25.6. The van der Waals surface area contributed by atoms with E-state index in [1.54, 1.807) is 19.1 Å². The van der Waals surface area contributed by atoms with Crippen LogP contribution >= 0.6 is 0 Å². The zero-order valence-electron chi connectivity index (χ0n) is 25.6. The Labute approximate surface area is 241 Å². The van der Waals surface area contributed by atoms with Crippen molar-refractivity contribution in [1.82, 2.24) is 0 Å². The third kappa shape index (κ3) is 5.26. The number of Topliss-reactive ketones (excluding diaryl/α,β-unsaturated/α-hetero) is 1. The molecule has 0 aliphatic heterocycles. The van der Waals surface area contributed by atoms with Gasteiger partial charge < -0.3 is 20.1 Å². The van der Waals surface area contributed by atoms with Crippen molar-refractivity contribution in [3.8, 4) is 0 Å². The van der Waals surface area contributed by atoms with Gasteiger partial charge in [0, 0.05) is 12.3 Å². The molecule has 40 heavy (non-hydrogen) atoms. The van der Waals surface area contributed by atoms with Crippen molar-refractivity contribution in [3.63, 3.8) is 0 Å². The van der Waals surface area contributed by atoms with Crippen LogP contribution in [-0.2, 0) is 14.3 Å². The van der Waals surface area contributed by atoms with Gasteiger partial charge in [-0.3, -0.25) is 9.59 Å². The molecule has 0 amide bonds. The van der Waals surface area contributed by atoms with E-state index in [1.807, 2.05) is 6.92 Å². The van der Waals surface area contributed by atoms with Crippen LogP contribution in [0.3, 0.4) is 0 Å². The number of carbonyl (C=O) groups excluding carboxylic acids is 2. The van der Waals surface area contributed by atoms with Crippen LogP contribution in [0.25, 0.3) is 0 Å². The Bertz CT molecular complexity index is 996. The van der Waals surface area contributed by atoms with Crippen molar-refractivity contribution in [1.29, 1.82) is 0 Å². The minimum absolute atomic E-state index is 0.0153. The lowest BCUT2D eigenvalue weighted by Gasteiger charge is -2.48. The smallest absolute Gasteiger partial charge is 0.306 e. The van der Waals surface area contributed by atoms with E-state index < -0.39 is 41.7 Å². The third-order valence-electron chi connectivity index (χ3n) is 11.1. The van der Waals surface area contributed by atoms with Crippen molar-refractivity contribution in [2.45, 2.75) is 136 Å². The normalized spacial score (nSPS) is 37.5. The maximum atomic E-state index is 14.4. The first-order valence-corrected chi connectivity index (χ1v) is 16.1. The lowest BCUT2D eigenvalue weighted by Crippen LogP contribution is -2.65. The number of hydrogen-bond donors (Lipinski definition) is 3. The van der Waals surface area contributed by atoms with E-state index in [0.29, 0.717) is 17.9 Å². The van der Waals surface area contributed by atoms with Crippen molar-refractivity contribution in [2.75, 3.05) is 6.61 Å². The monoisotopic (exact) mass is 558 g/mol. The Hall–Kier alpha value is -1.50. The van der Waals surface area contributed by atoms with Crippen LogP contribution in [0.1, 0.15) is 118 Å². The van der Waals surface area contributed by atoms with Crippen molar-refractivity contribution in [2.24, 2.45) is 34.5 Å². The van der Waals surface area contributed by atoms with Gasteiger partial charge in [-0.25, -0.2) is 0 Å². The summed E-state index contributed by atoms with van der Waals surface area (Å²) >= 11 is 0. The molecule has 4 aliphatic rings. The number of allylic oxidation sites excluding steroid dienone is 1. The summed E-state index contributed by atoms with van der Waals surface area (Å²) in [6.07, 6.45) is 14.9. The number of unbranched alkanes of at least 4 members (excludes halogenated alkanes) is 10. The Balaban J connectivity index is 1.40. The average Bonchev–Trinajstić information content (AvgIpc) is 3.40. The highest BCUT2D eigenvalue weighted by Crippen LogP contribution is 2.71. The molecular weight excluding hydrogens is 504 g/mol. The van der Waals surface area contributed by atoms with Crippen LogP contribution in [0, 0.1) is 34.5 Å². The highest BCUT2D eigenvalue weighted by molar-refractivity contribution is 5.95. The molecule has 3 N–H and O–H groups in total. The predicted octanol–water partition coefficient (Wildman–Crippen LogP) is 6.07. The number of hydrogen-bond acceptors (Lipinski definition) is 6. The summed E-state index contributed by atoms with van der Waals surface area (Å²) in [6.45, 7) is 9.88. The van der Waals surface area contributed by atoms with Crippen molar-refractivity contribution < 1.29 is 29.6 Å². The molecule has 2 bridgehead atoms. The fourth-order valence-electron chi connectivity index (χ4n) is 8.72. The van der Waals surface area contributed by atoms with Gasteiger partial charge in [0.1, 0.15) is 6.10 Å². The molecule has 4 aliphatic carbocycles. The number of fused-ring (bicyclic) bond motifs is 3. The molecule has 0 aromatic rings. The largest absolute Gasteiger partial charge is 0.455 e. The van der Waals surface area contributed by atoms with Gasteiger partial charge in [-0.15, -0.1) is 0 Å². The second-order valence-corrected chi connectivity index (χ2v) is 14.0. The van der Waals surface area contributed by atoms with Crippen molar-refractivity contribution >= 4 is 11.8 Å². The van der Waals surface area contributed by atoms with Gasteiger partial charge in [-0.1, -0.05) is 104 Å². The first-order valence-electron chi connectivity index (χ1n) is 16.1. The van der Waals surface area contributed by atoms with Crippen LogP contribution < -0.4 is 0 Å². The zero-order chi connectivity index (χ0) is 29.3. The summed E-state index contributed by atoms with van der Waals surface area (Å²) < 4.78 is 5.93. The van der Waals surface area contributed by atoms with Gasteiger partial charge in [0.25, 0.3) is 0 Å². The fraction of sp³-hybridized carbons (Fsp3) is 0.824. The minimum Gasteiger partial charge on any atom is -0.455 e. The molecule has 1 unspecified atom stereocenters. The predicted molar refractivity (Wildman–Crippen MR) is 156 cm³/mol. The third-order valence-corrected chi connectivity index (χ3v) is 11.1. The first-order chi connectivity index (χ1) is 19.0. The van der Waals surface area contributed by atoms with Crippen LogP contribution in [0.5, 0.6) is 0 Å². The van der Waals surface area contributed by atoms with E-state index in [0.717, 1.165) is 19.3 Å². The number of carbonyl (C=O) groups is 2. The Morgan fingerprint density at radius 1 is 1.02 bits per heavy atom. The molecule has 0 saturated heterocycles. The number of aliphatic hydroxyl groups excluding tert-OH is 2. The molecule has 6 heteroatoms. The molecule has 2 fully saturated rings. The topological polar surface area (TPSA) is 104 Å². The second kappa shape index (κ2) is 12.4. The van der Waals surface area contributed by atoms with Gasteiger partial charge >= 0.3 is 5.97 Å². The summed E-state index contributed by atoms with van der Waals surface area (Å²) in [5.74, 6) is -0.857. The first kappa shape index (κ1) is 31.4. The molecule has 0 aromatic carbocycles. The molecule has 226 valence electrons. The van der Waals surface area contributed by atoms with Gasteiger partial charge in [0.15, 0.2) is 17.5 Å². The molecule has 0 heterocycles. The summed E-state index contributed by atoms with van der Waals surface area (Å²) in [6, 6.07) is 0. The number of aliphatic hydroxyl groups is 3. The quantitative estimate of drug-likeness (QED) is 0.136. The fourth-order valence-corrected chi connectivity index (χ4v) is 8.72. The molecule has 0 aromatic heterocycles. The highest BCUT2D eigenvalue weighted by atomic mass is 16.6. The van der Waals surface area contributed by atoms with Gasteiger partial charge in [0.05, 0.1) is 12.0 Å². The summed E-state index contributed by atoms with van der Waals surface area (Å²) in [5, 5.41) is 34.3. The highest BCUT2D eigenvalue weighted by Gasteiger charge is 2.76. The maximum Gasteiger partial charge on any atom is 0.306 e. The molecule has 2 saturated carbocycles. The number of esters is 1. The summed E-state index contributed by atoms with van der Waals surface area (Å²) in [4.78, 5) is 27.4. The lowest BCUT2D eigenvalue weighted by molar-refractivity contribution is -0.203. The van der Waals surface area contributed by atoms with E-state index in [9.17, 15) is 24.9 Å². The summed E-state index contributed by atoms with van der Waals surface area (Å²) in [5.41, 5.74) is -2.60. The number of ketones is 1. The second-order valence-electron chi connectivity index (χ2n) is 14.0. The van der Waals surface area contributed by atoms with Gasteiger partial charge in [-0.2, -0.15) is 0 Å². The molecule has 6 nitrogen and oxygen atoms in total. The van der Waals surface area contributed by atoms with Gasteiger partial charge in [-0.05, 0) is 54.1 Å². The van der Waals surface area contributed by atoms with E-state index in [4.69, 9.17) is 4.74 Å². The number of rotatable bonds is 14. The molecule has 1 spiro atoms. The van der Waals surface area contributed by atoms with Crippen LogP contribution in [-0.4, -0.2) is 51.5 Å². The Kier molecular flexibility index (Phi) is 9.74. The molecule has 4 rings (SSSR count). The number of ether oxygens (including phenoxy) is 1. The summed E-state index contributed by atoms with van der Waals surface area (Å²) in [7, 11) is 0. The average molecular weight is 559 g/mol. The lowest BCUT2D eigenvalue weighted by atomic mass is 9.59. The maximum absolute atomic E-state index is 14.4. The van der Waals surface area contributed by atoms with E-state index in [-0.39, 0.29) is 35.0 Å². The Morgan fingerprint density at radius 2 is 1.60 bits per heavy atom. The minimum atomic E-state index is -2.05. The molecular formula is C34H54O6. The SMILES string of the molecule is CCCCCCCCCCCCCC(=O)O[C@H]1C(C)=C[C@]23C(=O)C(C=C(CO)[C@@H](O)[C@]12O)[C@H]1[C@@H](C[C@H]3C)C1(C)C. The van der Waals surface area contributed by atoms with E-state index in [2.05, 4.69) is 20.8 Å². The Morgan fingerprint density at radius 3 is 2.17 bits per heavy atom. The van der Waals surface area contributed by atoms with E-state index >= 15 is 0 Å². The molecule has 0 radical (unpaired) electrons. The standard InChI is InChI=1S/C34H54O6/c1-6-7-8-9-10-11-12-13-14-15-16-17-27(36)40-31-22(2)20-33-23(3)18-26-28(32(26,4)5)25(30(33)38)19-24(21-35)29(37)34(31,33)39/h19-20,23,25-26,28-29,31,35,37,39H,6-18,21H2,1-5H3/t23-,25?,26-,28+,29-,31+,33+,34+/m1/s1. The van der Waals surface area contributed by atoms with Crippen LogP contribution in [0.15, 0.2) is 23.3 Å². The van der Waals surface area contributed by atoms with E-state index in [1.165, 1.54) is 51.4 Å². The van der Waals surface area contributed by atoms with Crippen LogP contribution in [0.2, 0.25) is 0 Å².